The Hall–Kier alpha value is -1.98. The van der Waals surface area contributed by atoms with Crippen molar-refractivity contribution in [2.75, 3.05) is 38.9 Å². The van der Waals surface area contributed by atoms with Gasteiger partial charge in [0.1, 0.15) is 31.8 Å². The molecule has 0 saturated carbocycles. The fourth-order valence-corrected chi connectivity index (χ4v) is 36.3. The van der Waals surface area contributed by atoms with Crippen LogP contribution in [0.25, 0.3) is 0 Å². The standard InChI is InChI=1S/C28H45N2O2PSi.C28H42NO4PSi.C16H17ClO2Si.C12H28ClN2P.C12H29N2P.C6H12O2.CH3I.2CH4O.2CH4.Al.Li.4H/c1-22(2)29(23(3)4)33(30(24(5)6)25(7)8)28(31)32-20-21-34(9,26-16-12-10-13-17-26)27-18-14-11-15-19-27;1-21(2)29(22(3)4)34(33-27-20-23(5)32-24(27)6)28(30)31-18-19-35(7,25-14-10-8-11-15-25)26-16-12-9-13-17-26;1-20(13-12-19-16(17)18,14-8-4-2-5-9-14)15-10-6-3-7-11-15;1-9(2)14(10(3)4)16(13)15(11(5)6)12(7)8;1-9(2)13(10(3)4)15-14(11(5)6)12(7)8;1-4-3-6(7)5(2)8-4;3*1-2;;;;;;;;/h10-19,22-25H,20-21H2,1-9H3;8-17,21-24,27H,18-20H2,1-7H3;2-11H,12-13H2,1H3;9-12H,1-8H3;9-12,15H,1-8H3;4-7H,3H2,1-2H3;1H3;2*2H,1H3;2*1H4;;;;;;/q;;;;;;;;;;;;+1;;;;-1/t;23-,24+,27-,34?;;;;4-,5+,6-;;;;;;;;;;;/m.0...0.........../s1/i;6D;;;;2D;1D;2*2T;;;;;;;;. The van der Waals surface area contributed by atoms with Crippen LogP contribution < -0.4 is 50.0 Å². The van der Waals surface area contributed by atoms with Crippen LogP contribution in [0.5, 0.6) is 0 Å². The first kappa shape index (κ1) is 134. The summed E-state index contributed by atoms with van der Waals surface area (Å²) in [5.74, 6) is 0. The normalized spacial score (nSPS) is 16.6. The molecule has 8 rings (SSSR count). The first-order chi connectivity index (χ1) is 65.2. The number of aliphatic hydroxyl groups excluding tert-OH is 3. The Bertz CT molecular complexity index is 3910. The second-order valence-corrected chi connectivity index (χ2v) is 58.6. The van der Waals surface area contributed by atoms with Crippen LogP contribution in [-0.2, 0) is 28.2 Å². The molecule has 1 unspecified atom stereocenters. The van der Waals surface area contributed by atoms with Gasteiger partial charge in [-0.1, -0.05) is 281 Å². The summed E-state index contributed by atoms with van der Waals surface area (Å²) in [6, 6.07) is 71.7. The molecule has 0 spiro atoms. The van der Waals surface area contributed by atoms with Crippen molar-refractivity contribution in [3.8, 4) is 0 Å². The second-order valence-electron chi connectivity index (χ2n) is 38.3. The van der Waals surface area contributed by atoms with Crippen molar-refractivity contribution in [2.24, 2.45) is 0 Å². The Morgan fingerprint density at radius 1 is 0.442 bits per heavy atom. The summed E-state index contributed by atoms with van der Waals surface area (Å²) in [5.41, 5.74) is -1.10. The third-order valence-corrected chi connectivity index (χ3v) is 48.0. The number of carbonyl (C=O) groups is 3. The molecule has 0 aliphatic carbocycles. The number of rotatable bonds is 40. The first-order valence-electron chi connectivity index (χ1n) is 51.1. The number of carbonyl (C=O) groups excluding carboxylic acids is 3. The largest absolute Gasteiger partial charge is 1.00 e. The molecule has 7 atom stereocenters. The van der Waals surface area contributed by atoms with Gasteiger partial charge in [-0.25, -0.2) is 19.1 Å². The van der Waals surface area contributed by atoms with E-state index in [-0.39, 0.29) is 144 Å². The fraction of sp³-hybridized carbons (Fsp3) is 0.636. The molecule has 6 aromatic rings. The minimum atomic E-state index is -2.10. The van der Waals surface area contributed by atoms with E-state index in [2.05, 4.69) is 414 Å². The van der Waals surface area contributed by atoms with Crippen molar-refractivity contribution in [2.45, 2.75) is 408 Å². The monoisotopic (exact) mass is 2220 g/mol. The van der Waals surface area contributed by atoms with Gasteiger partial charge < -0.3 is 45.0 Å². The third-order valence-electron chi connectivity index (χ3n) is 23.1. The van der Waals surface area contributed by atoms with Gasteiger partial charge >= 0.3 is 35.7 Å². The molecule has 138 heavy (non-hydrogen) atoms. The molecule has 0 amide bonds. The zero-order valence-electron chi connectivity index (χ0n) is 95.7. The topological polar surface area (TPSA) is 190 Å². The number of aliphatic hydroxyl groups is 3. The molecule has 2 saturated heterocycles. The fourth-order valence-electron chi connectivity index (χ4n) is 16.9. The van der Waals surface area contributed by atoms with Gasteiger partial charge in [0.15, 0.2) is 25.6 Å². The van der Waals surface area contributed by atoms with E-state index >= 15 is 0 Å². The predicted octanol–water partition coefficient (Wildman–Crippen LogP) is 22.3. The molecule has 19 nitrogen and oxygen atoms in total. The molecule has 2 fully saturated rings. The summed E-state index contributed by atoms with van der Waals surface area (Å²) in [7, 11) is -6.29. The van der Waals surface area contributed by atoms with Crippen LogP contribution in [0.1, 0.15) is 255 Å². The molecule has 31 heteroatoms. The zero-order valence-corrected chi connectivity index (χ0v) is 100. The molecule has 0 bridgehead atoms. The van der Waals surface area contributed by atoms with Gasteiger partial charge in [0, 0.05) is 136 Å². The molecular formula is C107H196AlCl2ILiN7O12P4Si3. The molecule has 788 valence electrons. The van der Waals surface area contributed by atoms with E-state index in [4.69, 9.17) is 63.1 Å². The Morgan fingerprint density at radius 2 is 0.674 bits per heavy atom. The predicted molar refractivity (Wildman–Crippen MR) is 626 cm³/mol. The van der Waals surface area contributed by atoms with E-state index in [0.717, 1.165) is 27.0 Å². The van der Waals surface area contributed by atoms with Crippen LogP contribution in [0, 0.1) is 0 Å². The minimum Gasteiger partial charge on any atom is -1.00 e. The first-order valence-corrected chi connectivity index (χ1v) is 63.7. The molecular weight excluding hydrogens is 2020 g/mol. The minimum absolute atomic E-state index is 0. The number of halogens is 3. The van der Waals surface area contributed by atoms with Crippen molar-refractivity contribution < 1.29 is 82.3 Å². The van der Waals surface area contributed by atoms with E-state index in [1.54, 1.807) is 0 Å². The van der Waals surface area contributed by atoms with Crippen molar-refractivity contribution in [1.82, 2.24) is 32.7 Å². The van der Waals surface area contributed by atoms with Gasteiger partial charge in [-0.3, -0.25) is 28.0 Å². The van der Waals surface area contributed by atoms with Crippen LogP contribution in [0.15, 0.2) is 182 Å². The van der Waals surface area contributed by atoms with Gasteiger partial charge in [0.2, 0.25) is 11.2 Å². The SMILES string of the molecule is C.C.CC(C)N(C(C)C)P(C(=O)OCC[Si](C)(c1ccccc1)c1ccccc1)N(C(C)C)C(C)C.CC(C)N(C(C)C)P(Cl)N(C(C)C)C(C)C.CC(C)N(PN(C(C)C)C(C)C)C(C)C.C[Si](CCOC(=O)Cl)(c1ccccc1)c1ccccc1.[2H]CI.[2H]C[C@H]1O[C@@H](C)C[C@@H]1O.[2H]C[C@H]1O[C@@H](C)C[C@@H]1OP(C(=O)OCC[Si](C)(c1ccccc1)c1ccccc1)N(C(C)C)C(C)C.[3H]OC.[3H]OC.[AlH3].[H-].[Li+]. The number of hydrogen-bond acceptors (Lipinski definition) is 19. The Labute approximate surface area is 907 Å². The van der Waals surface area contributed by atoms with Crippen LogP contribution in [0.3, 0.4) is 0 Å². The number of ether oxygens (including phenoxy) is 5. The quantitative estimate of drug-likeness (QED) is 0.00821. The van der Waals surface area contributed by atoms with Crippen molar-refractivity contribution in [3.05, 3.63) is 182 Å². The number of hydrogen-bond donors (Lipinski definition) is 3. The van der Waals surface area contributed by atoms with E-state index < -0.39 is 59.9 Å². The Morgan fingerprint density at radius 3 is 0.884 bits per heavy atom. The average Bonchev–Trinajstić information content (AvgIpc) is 1.06. The van der Waals surface area contributed by atoms with E-state index in [1.165, 1.54) is 45.3 Å². The summed E-state index contributed by atoms with van der Waals surface area (Å²) in [4.78, 5) is 38.6. The summed E-state index contributed by atoms with van der Waals surface area (Å²) >= 11 is 13.9. The van der Waals surface area contributed by atoms with Crippen molar-refractivity contribution in [1.29, 1.82) is 2.86 Å². The Balaban J connectivity index is -0.000000405. The number of benzene rings is 6. The molecule has 3 N–H and O–H groups in total. The maximum Gasteiger partial charge on any atom is 1.00 e. The number of nitrogens with zero attached hydrogens (tertiary/aromatic N) is 7. The van der Waals surface area contributed by atoms with Gasteiger partial charge in [-0.15, -0.1) is 0 Å². The maximum absolute atomic E-state index is 13.7. The zero-order chi connectivity index (χ0) is 106. The second kappa shape index (κ2) is 76.5. The molecule has 2 aliphatic rings. The summed E-state index contributed by atoms with van der Waals surface area (Å²) < 4.78 is 83.8. The summed E-state index contributed by atoms with van der Waals surface area (Å²) in [5, 5.41) is 24.2. The molecule has 0 aromatic heterocycles. The van der Waals surface area contributed by atoms with Gasteiger partial charge in [0.05, 0.1) is 56.4 Å². The summed E-state index contributed by atoms with van der Waals surface area (Å²) in [6.45, 7) is 74.1. The third kappa shape index (κ3) is 49.4. The van der Waals surface area contributed by atoms with E-state index in [0.29, 0.717) is 85.9 Å². The maximum atomic E-state index is 13.7. The van der Waals surface area contributed by atoms with Gasteiger partial charge in [-0.2, -0.15) is 0 Å². The van der Waals surface area contributed by atoms with E-state index in [1.807, 2.05) is 60.7 Å². The van der Waals surface area contributed by atoms with Crippen molar-refractivity contribution in [3.63, 3.8) is 0 Å². The van der Waals surface area contributed by atoms with Gasteiger partial charge in [0.25, 0.3) is 0 Å². The van der Waals surface area contributed by atoms with Crippen LogP contribution in [-0.4, -0.2) is 269 Å². The Kier molecular flexibility index (Phi) is 74.3. The van der Waals surface area contributed by atoms with Crippen molar-refractivity contribution >= 4 is 168 Å². The molecule has 6 aromatic carbocycles. The average molecular weight is 2220 g/mol. The van der Waals surface area contributed by atoms with E-state index in [9.17, 15) is 14.4 Å². The molecule has 2 heterocycles. The summed E-state index contributed by atoms with van der Waals surface area (Å²) in [6.07, 6.45) is 0.298. The number of alkyl halides is 1. The smallest absolute Gasteiger partial charge is 1.00 e. The van der Waals surface area contributed by atoms with Crippen LogP contribution in [0.4, 0.5) is 14.4 Å². The van der Waals surface area contributed by atoms with Crippen LogP contribution in [0.2, 0.25) is 37.8 Å². The van der Waals surface area contributed by atoms with Crippen LogP contribution >= 0.6 is 78.4 Å². The molecule has 0 radical (unpaired) electrons. The van der Waals surface area contributed by atoms with Gasteiger partial charge in [-0.05, 0) is 245 Å². The molecule has 2 aliphatic heterocycles.